The molecule has 0 bridgehead atoms. The molecule has 2 heterocycles. The van der Waals surface area contributed by atoms with E-state index in [0.29, 0.717) is 12.1 Å². The van der Waals surface area contributed by atoms with Gasteiger partial charge in [-0.3, -0.25) is 9.67 Å². The predicted octanol–water partition coefficient (Wildman–Crippen LogP) is 3.13. The second-order valence-corrected chi connectivity index (χ2v) is 4.20. The van der Waals surface area contributed by atoms with Gasteiger partial charge in [0.2, 0.25) is 0 Å². The maximum absolute atomic E-state index is 13.6. The van der Waals surface area contributed by atoms with Crippen molar-refractivity contribution in [1.82, 2.24) is 14.8 Å². The minimum atomic E-state index is -0.211. The molecule has 0 aliphatic rings. The van der Waals surface area contributed by atoms with E-state index in [1.807, 2.05) is 36.5 Å². The van der Waals surface area contributed by atoms with E-state index >= 15 is 0 Å². The third-order valence-corrected chi connectivity index (χ3v) is 2.86. The normalized spacial score (nSPS) is 10.6. The fraction of sp³-hybridized carbons (Fsp3) is 0.0667. The molecule has 0 unspecified atom stereocenters. The van der Waals surface area contributed by atoms with Crippen LogP contribution in [0.1, 0.15) is 5.56 Å². The third kappa shape index (κ3) is 2.52. The lowest BCUT2D eigenvalue weighted by atomic mass is 10.2. The maximum Gasteiger partial charge on any atom is 0.128 e. The molecule has 2 aromatic heterocycles. The van der Waals surface area contributed by atoms with Gasteiger partial charge in [0.15, 0.2) is 0 Å². The van der Waals surface area contributed by atoms with Crippen LogP contribution in [0.5, 0.6) is 0 Å². The molecule has 0 aliphatic carbocycles. The van der Waals surface area contributed by atoms with Crippen molar-refractivity contribution in [1.29, 1.82) is 0 Å². The first-order valence-electron chi connectivity index (χ1n) is 6.01. The van der Waals surface area contributed by atoms with Gasteiger partial charge in [-0.2, -0.15) is 5.10 Å². The molecule has 0 saturated carbocycles. The van der Waals surface area contributed by atoms with Gasteiger partial charge in [0.25, 0.3) is 0 Å². The van der Waals surface area contributed by atoms with Crippen molar-refractivity contribution in [2.24, 2.45) is 0 Å². The molecule has 3 rings (SSSR count). The van der Waals surface area contributed by atoms with Gasteiger partial charge in [-0.25, -0.2) is 4.39 Å². The van der Waals surface area contributed by atoms with Crippen molar-refractivity contribution in [3.8, 4) is 11.4 Å². The van der Waals surface area contributed by atoms with Gasteiger partial charge in [-0.05, 0) is 24.3 Å². The summed E-state index contributed by atoms with van der Waals surface area (Å²) < 4.78 is 15.3. The monoisotopic (exact) mass is 253 g/mol. The molecule has 0 fully saturated rings. The number of nitrogens with zero attached hydrogens (tertiary/aromatic N) is 3. The van der Waals surface area contributed by atoms with E-state index in [2.05, 4.69) is 10.1 Å². The Bertz CT molecular complexity index is 677. The van der Waals surface area contributed by atoms with Crippen LogP contribution in [-0.4, -0.2) is 14.8 Å². The van der Waals surface area contributed by atoms with Gasteiger partial charge in [0, 0.05) is 18.0 Å². The Morgan fingerprint density at radius 2 is 1.79 bits per heavy atom. The number of rotatable bonds is 3. The highest BCUT2D eigenvalue weighted by Crippen LogP contribution is 2.14. The lowest BCUT2D eigenvalue weighted by molar-refractivity contribution is 0.585. The fourth-order valence-electron chi connectivity index (χ4n) is 1.90. The minimum Gasteiger partial charge on any atom is -0.268 e. The standard InChI is InChI=1S/C15H12FN3/c16-13-6-2-1-5-12(13)11-19-10-8-15(18-19)14-7-3-4-9-17-14/h1-10H,11H2. The van der Waals surface area contributed by atoms with Crippen LogP contribution < -0.4 is 0 Å². The Morgan fingerprint density at radius 3 is 2.58 bits per heavy atom. The Labute approximate surface area is 110 Å². The molecule has 0 atom stereocenters. The molecule has 94 valence electrons. The van der Waals surface area contributed by atoms with Crippen molar-refractivity contribution in [3.05, 3.63) is 72.3 Å². The van der Waals surface area contributed by atoms with Gasteiger partial charge < -0.3 is 0 Å². The molecular formula is C15H12FN3. The molecule has 0 amide bonds. The summed E-state index contributed by atoms with van der Waals surface area (Å²) in [5, 5.41) is 4.40. The highest BCUT2D eigenvalue weighted by molar-refractivity contribution is 5.52. The van der Waals surface area contributed by atoms with E-state index in [0.717, 1.165) is 11.4 Å². The first-order chi connectivity index (χ1) is 9.33. The lowest BCUT2D eigenvalue weighted by Gasteiger charge is -2.03. The number of benzene rings is 1. The topological polar surface area (TPSA) is 30.7 Å². The average Bonchev–Trinajstić information content (AvgIpc) is 2.91. The van der Waals surface area contributed by atoms with Crippen LogP contribution >= 0.6 is 0 Å². The van der Waals surface area contributed by atoms with E-state index < -0.39 is 0 Å². The van der Waals surface area contributed by atoms with Crippen LogP contribution in [0, 0.1) is 5.82 Å². The average molecular weight is 253 g/mol. The van der Waals surface area contributed by atoms with Crippen molar-refractivity contribution >= 4 is 0 Å². The number of halogens is 1. The van der Waals surface area contributed by atoms with Crippen LogP contribution in [0.2, 0.25) is 0 Å². The predicted molar refractivity (Wildman–Crippen MR) is 71.0 cm³/mol. The highest BCUT2D eigenvalue weighted by Gasteiger charge is 2.05. The van der Waals surface area contributed by atoms with E-state index in [4.69, 9.17) is 0 Å². The largest absolute Gasteiger partial charge is 0.268 e. The summed E-state index contributed by atoms with van der Waals surface area (Å²) in [6, 6.07) is 14.3. The molecule has 19 heavy (non-hydrogen) atoms. The van der Waals surface area contributed by atoms with Gasteiger partial charge in [-0.15, -0.1) is 0 Å². The summed E-state index contributed by atoms with van der Waals surface area (Å²) in [7, 11) is 0. The van der Waals surface area contributed by atoms with Crippen molar-refractivity contribution in [2.45, 2.75) is 6.54 Å². The van der Waals surface area contributed by atoms with Crippen molar-refractivity contribution in [2.75, 3.05) is 0 Å². The zero-order valence-corrected chi connectivity index (χ0v) is 10.2. The van der Waals surface area contributed by atoms with E-state index in [9.17, 15) is 4.39 Å². The molecule has 0 saturated heterocycles. The quantitative estimate of drug-likeness (QED) is 0.718. The Hall–Kier alpha value is -2.49. The molecule has 0 spiro atoms. The molecule has 1 aromatic carbocycles. The summed E-state index contributed by atoms with van der Waals surface area (Å²) in [5.41, 5.74) is 2.23. The second kappa shape index (κ2) is 5.02. The van der Waals surface area contributed by atoms with Gasteiger partial charge in [-0.1, -0.05) is 24.3 Å². The van der Waals surface area contributed by atoms with Crippen LogP contribution in [0.3, 0.4) is 0 Å². The van der Waals surface area contributed by atoms with Crippen LogP contribution in [-0.2, 0) is 6.54 Å². The molecule has 3 aromatic rings. The summed E-state index contributed by atoms with van der Waals surface area (Å²) in [4.78, 5) is 4.24. The molecule has 0 N–H and O–H groups in total. The van der Waals surface area contributed by atoms with Gasteiger partial charge in [0.1, 0.15) is 11.5 Å². The van der Waals surface area contributed by atoms with Crippen LogP contribution in [0.25, 0.3) is 11.4 Å². The van der Waals surface area contributed by atoms with Crippen molar-refractivity contribution in [3.63, 3.8) is 0 Å². The number of pyridine rings is 1. The van der Waals surface area contributed by atoms with E-state index in [1.54, 1.807) is 23.0 Å². The Kier molecular flexibility index (Phi) is 3.06. The van der Waals surface area contributed by atoms with E-state index in [1.165, 1.54) is 6.07 Å². The minimum absolute atomic E-state index is 0.211. The SMILES string of the molecule is Fc1ccccc1Cn1ccc(-c2ccccn2)n1. The lowest BCUT2D eigenvalue weighted by Crippen LogP contribution is -2.02. The summed E-state index contributed by atoms with van der Waals surface area (Å²) >= 11 is 0. The maximum atomic E-state index is 13.6. The molecular weight excluding hydrogens is 241 g/mol. The van der Waals surface area contributed by atoms with Gasteiger partial charge >= 0.3 is 0 Å². The number of aromatic nitrogens is 3. The third-order valence-electron chi connectivity index (χ3n) is 2.86. The van der Waals surface area contributed by atoms with Crippen LogP contribution in [0.15, 0.2) is 60.9 Å². The molecule has 0 radical (unpaired) electrons. The summed E-state index contributed by atoms with van der Waals surface area (Å²) in [6.07, 6.45) is 3.56. The zero-order chi connectivity index (χ0) is 13.1. The van der Waals surface area contributed by atoms with Crippen LogP contribution in [0.4, 0.5) is 4.39 Å². The molecule has 4 heteroatoms. The Balaban J connectivity index is 1.85. The first kappa shape index (κ1) is 11.6. The summed E-state index contributed by atoms with van der Waals surface area (Å²) in [5.74, 6) is -0.211. The Morgan fingerprint density at radius 1 is 0.947 bits per heavy atom. The number of hydrogen-bond donors (Lipinski definition) is 0. The van der Waals surface area contributed by atoms with Gasteiger partial charge in [0.05, 0.1) is 12.2 Å². The summed E-state index contributed by atoms with van der Waals surface area (Å²) in [6.45, 7) is 0.416. The zero-order valence-electron chi connectivity index (χ0n) is 10.2. The molecule has 3 nitrogen and oxygen atoms in total. The van der Waals surface area contributed by atoms with E-state index in [-0.39, 0.29) is 5.82 Å². The first-order valence-corrected chi connectivity index (χ1v) is 6.01. The van der Waals surface area contributed by atoms with Crippen molar-refractivity contribution < 1.29 is 4.39 Å². The number of hydrogen-bond acceptors (Lipinski definition) is 2. The fourth-order valence-corrected chi connectivity index (χ4v) is 1.90. The highest BCUT2D eigenvalue weighted by atomic mass is 19.1. The second-order valence-electron chi connectivity index (χ2n) is 4.20. The molecule has 0 aliphatic heterocycles. The smallest absolute Gasteiger partial charge is 0.128 e.